The summed E-state index contributed by atoms with van der Waals surface area (Å²) in [7, 11) is 0. The number of para-hydroxylation sites is 3. The maximum absolute atomic E-state index is 9.15. The van der Waals surface area contributed by atoms with Gasteiger partial charge in [0.15, 0.2) is 0 Å². The number of pyridine rings is 2. The first kappa shape index (κ1) is 51.6. The zero-order chi connectivity index (χ0) is 72.6. The van der Waals surface area contributed by atoms with Crippen LogP contribution in [-0.4, -0.2) is 19.1 Å². The van der Waals surface area contributed by atoms with Crippen molar-refractivity contribution in [2.45, 2.75) is 131 Å². The Hall–Kier alpha value is -8.96. The van der Waals surface area contributed by atoms with E-state index >= 15 is 0 Å². The summed E-state index contributed by atoms with van der Waals surface area (Å²) in [5, 5.41) is 1.92. The predicted molar refractivity (Wildman–Crippen MR) is 378 cm³/mol. The van der Waals surface area contributed by atoms with E-state index in [-0.39, 0.29) is 81.8 Å². The number of fused-ring (bicyclic) bond motifs is 4. The molecule has 464 valence electrons. The number of imidazole rings is 1. The van der Waals surface area contributed by atoms with Crippen LogP contribution in [0.15, 0.2) is 219 Å². The van der Waals surface area contributed by atoms with Gasteiger partial charge >= 0.3 is 0 Å². The molecule has 0 aliphatic rings. The SMILES string of the molecule is [2H]c1c([2H])c([2H])c(-c2cccc(-c3c([2H])c([2H])c([2H])c([2H])c3[2H])c2-[n+]2[c-]n(-c3[c-]c(Oc4[c-]c5c(cc4)c4cc(-c6cc(-c7cc(C(C)(C)C)cc(C(C)(C)C)c7)cc(-c7cc(C(C)(C)C)cc(C(C)(C)C)c7)c6)ccc4n5-c4cc(C(C)(C)C)ccn4)cnc3)c3ccccc32)c([2H])c1[2H].[Pt]. The molecule has 0 amide bonds. The van der Waals surface area contributed by atoms with Crippen LogP contribution in [0.1, 0.15) is 145 Å². The second-order valence-corrected chi connectivity index (χ2v) is 29.0. The first-order valence-corrected chi connectivity index (χ1v) is 31.1. The van der Waals surface area contributed by atoms with E-state index in [0.717, 1.165) is 49.6 Å². The summed E-state index contributed by atoms with van der Waals surface area (Å²) in [6, 6.07) is 49.9. The van der Waals surface area contributed by atoms with E-state index in [1.165, 1.54) is 33.4 Å². The summed E-state index contributed by atoms with van der Waals surface area (Å²) >= 11 is 0. The Bertz CT molecular complexity index is 5260. The number of hydrogen-bond acceptors (Lipinski definition) is 3. The fraction of sp³-hybridized carbons (Fsp3) is 0.235. The van der Waals surface area contributed by atoms with Crippen molar-refractivity contribution in [2.24, 2.45) is 0 Å². The van der Waals surface area contributed by atoms with Crippen LogP contribution in [0, 0.1) is 18.5 Å². The molecule has 13 aromatic rings. The normalized spacial score (nSPS) is 13.9. The molecule has 4 heterocycles. The Morgan fingerprint density at radius 1 is 0.435 bits per heavy atom. The zero-order valence-electron chi connectivity index (χ0n) is 65.0. The van der Waals surface area contributed by atoms with Gasteiger partial charge in [0.05, 0.1) is 30.4 Å². The second kappa shape index (κ2) is 23.9. The number of hydrogen-bond donors (Lipinski definition) is 0. The molecule has 7 heteroatoms. The van der Waals surface area contributed by atoms with Gasteiger partial charge in [-0.25, -0.2) is 4.98 Å². The van der Waals surface area contributed by atoms with Crippen molar-refractivity contribution < 1.29 is 44.1 Å². The number of ether oxygens (including phenoxy) is 1. The van der Waals surface area contributed by atoms with Crippen molar-refractivity contribution >= 4 is 32.8 Å². The minimum absolute atomic E-state index is 0. The molecule has 0 atom stereocenters. The number of aromatic nitrogens is 5. The molecule has 0 bridgehead atoms. The molecular weight excluding hydrogens is 1300 g/mol. The maximum atomic E-state index is 9.15. The minimum atomic E-state index is -0.585. The average molecular weight is 1390 g/mol. The third-order valence-electron chi connectivity index (χ3n) is 17.2. The zero-order valence-corrected chi connectivity index (χ0v) is 57.2. The van der Waals surface area contributed by atoms with Crippen LogP contribution < -0.4 is 9.30 Å². The Balaban J connectivity index is 0.00000982. The first-order chi connectivity index (χ1) is 47.4. The molecule has 9 aromatic carbocycles. The van der Waals surface area contributed by atoms with E-state index < -0.39 is 60.4 Å². The topological polar surface area (TPSA) is 48.8 Å². The molecule has 0 fully saturated rings. The van der Waals surface area contributed by atoms with Gasteiger partial charge in [0.25, 0.3) is 6.33 Å². The summed E-state index contributed by atoms with van der Waals surface area (Å²) in [4.78, 5) is 9.72. The molecule has 0 aliphatic heterocycles. The van der Waals surface area contributed by atoms with Crippen LogP contribution in [0.4, 0.5) is 0 Å². The predicted octanol–water partition coefficient (Wildman–Crippen LogP) is 21.8. The quantitative estimate of drug-likeness (QED) is 0.101. The van der Waals surface area contributed by atoms with Crippen molar-refractivity contribution in [3.8, 4) is 84.3 Å². The third-order valence-corrected chi connectivity index (χ3v) is 17.2. The van der Waals surface area contributed by atoms with Gasteiger partial charge in [-0.3, -0.25) is 4.57 Å². The molecule has 0 N–H and O–H groups in total. The van der Waals surface area contributed by atoms with Crippen molar-refractivity contribution in [3.63, 3.8) is 0 Å². The summed E-state index contributed by atoms with van der Waals surface area (Å²) in [6.07, 6.45) is 8.42. The Labute approximate surface area is 573 Å². The molecule has 6 nitrogen and oxygen atoms in total. The third kappa shape index (κ3) is 12.5. The van der Waals surface area contributed by atoms with E-state index in [1.807, 2.05) is 24.4 Å². The molecule has 0 saturated carbocycles. The number of nitrogens with zero attached hydrogens (tertiary/aromatic N) is 5. The molecule has 0 spiro atoms. The fourth-order valence-electron chi connectivity index (χ4n) is 11.9. The van der Waals surface area contributed by atoms with E-state index in [4.69, 9.17) is 23.4 Å². The van der Waals surface area contributed by atoms with Gasteiger partial charge in [0.1, 0.15) is 5.82 Å². The van der Waals surface area contributed by atoms with Gasteiger partial charge in [0.2, 0.25) is 0 Å². The minimum Gasteiger partial charge on any atom is -0.508 e. The Morgan fingerprint density at radius 3 is 1.50 bits per heavy atom. The van der Waals surface area contributed by atoms with E-state index in [9.17, 15) is 0 Å². The van der Waals surface area contributed by atoms with Crippen LogP contribution in [0.5, 0.6) is 11.5 Å². The summed E-state index contributed by atoms with van der Waals surface area (Å²) < 4.78 is 101. The molecule has 0 saturated heterocycles. The van der Waals surface area contributed by atoms with Crippen LogP contribution in [0.25, 0.3) is 106 Å². The monoisotopic (exact) mass is 1390 g/mol. The molecule has 0 unspecified atom stereocenters. The molecule has 92 heavy (non-hydrogen) atoms. The van der Waals surface area contributed by atoms with E-state index in [1.54, 1.807) is 51.9 Å². The summed E-state index contributed by atoms with van der Waals surface area (Å²) in [5.74, 6) is 1.31. The van der Waals surface area contributed by atoms with Gasteiger partial charge < -0.3 is 18.9 Å². The number of rotatable bonds is 10. The fourth-order valence-corrected chi connectivity index (χ4v) is 11.9. The molecule has 0 radical (unpaired) electrons. The van der Waals surface area contributed by atoms with E-state index in [2.05, 4.69) is 223 Å². The van der Waals surface area contributed by atoms with Crippen LogP contribution in [0.3, 0.4) is 0 Å². The molecule has 13 rings (SSSR count). The molecular formula is C85H81N5OPt-2. The van der Waals surface area contributed by atoms with Gasteiger partial charge in [-0.2, -0.15) is 6.07 Å². The summed E-state index contributed by atoms with van der Waals surface area (Å²) in [6.45, 7) is 34.0. The van der Waals surface area contributed by atoms with Gasteiger partial charge in [-0.05, 0) is 164 Å². The van der Waals surface area contributed by atoms with Crippen molar-refractivity contribution in [2.75, 3.05) is 0 Å². The van der Waals surface area contributed by atoms with Crippen LogP contribution >= 0.6 is 0 Å². The Kier molecular flexibility index (Phi) is 13.4. The van der Waals surface area contributed by atoms with Crippen LogP contribution in [-0.2, 0) is 48.1 Å². The molecule has 4 aromatic heterocycles. The van der Waals surface area contributed by atoms with Gasteiger partial charge in [-0.1, -0.05) is 267 Å². The average Bonchev–Trinajstić information content (AvgIpc) is 1.38. The first-order valence-electron chi connectivity index (χ1n) is 36.1. The van der Waals surface area contributed by atoms with Gasteiger partial charge in [0, 0.05) is 44.3 Å². The maximum Gasteiger partial charge on any atom is 0.268 e. The van der Waals surface area contributed by atoms with E-state index in [0.29, 0.717) is 28.3 Å². The standard InChI is InChI=1S/C85H81N5O.Pt/c1-81(2,3)63-37-38-87-79(49-63)90-75-36-33-57(58-39-59(61-42-64(82(4,5)6)47-65(43-61)83(7,8)9)41-60(40-58)62-44-66(84(10,11)12)48-67(45-62)85(13,14)15)46-74(75)73-35-34-69(51-78(73)90)91-70-50-68(52-86-53-70)88-54-89(77-32-23-22-31-76(77)88)80-71(55-25-18-16-19-26-55)29-24-30-72(80)56-27-20-17-21-28-56;/h16-49,52-53H,1-15H3;/q-2;/i16D,17D,18D,19D,20D,21D,25D,26D,27D,28D;. The van der Waals surface area contributed by atoms with Gasteiger partial charge in [-0.15, -0.1) is 23.6 Å². The number of benzene rings is 9. The second-order valence-electron chi connectivity index (χ2n) is 29.0. The smallest absolute Gasteiger partial charge is 0.268 e. The van der Waals surface area contributed by atoms with Crippen LogP contribution in [0.2, 0.25) is 0 Å². The molecule has 0 aliphatic carbocycles. The van der Waals surface area contributed by atoms with Crippen molar-refractivity contribution in [1.82, 2.24) is 19.1 Å². The largest absolute Gasteiger partial charge is 0.508 e. The summed E-state index contributed by atoms with van der Waals surface area (Å²) in [5.41, 5.74) is 15.5. The Morgan fingerprint density at radius 2 is 0.957 bits per heavy atom. The van der Waals surface area contributed by atoms with Crippen molar-refractivity contribution in [1.29, 1.82) is 0 Å². The van der Waals surface area contributed by atoms with Crippen molar-refractivity contribution in [3.05, 3.63) is 265 Å².